The maximum Gasteiger partial charge on any atom is 0.0443 e. The van der Waals surface area contributed by atoms with Gasteiger partial charge in [-0.3, -0.25) is 4.90 Å². The van der Waals surface area contributed by atoms with E-state index in [0.717, 1.165) is 18.0 Å². The van der Waals surface area contributed by atoms with E-state index in [-0.39, 0.29) is 0 Å². The summed E-state index contributed by atoms with van der Waals surface area (Å²) in [6.45, 7) is 9.73. The summed E-state index contributed by atoms with van der Waals surface area (Å²) in [5.41, 5.74) is 1.15. The van der Waals surface area contributed by atoms with Crippen molar-refractivity contribution in [2.45, 2.75) is 26.2 Å². The number of hydrogen-bond acceptors (Lipinski definition) is 1. The Balaban J connectivity index is 2.29. The highest BCUT2D eigenvalue weighted by Crippen LogP contribution is 2.16. The molecular weight excluding hydrogens is 182 g/mol. The summed E-state index contributed by atoms with van der Waals surface area (Å²) in [6.07, 6.45) is 4.04. The van der Waals surface area contributed by atoms with E-state index in [9.17, 15) is 0 Å². The zero-order chi connectivity index (χ0) is 9.68. The molecule has 0 bridgehead atoms. The Morgan fingerprint density at radius 1 is 1.46 bits per heavy atom. The van der Waals surface area contributed by atoms with Gasteiger partial charge in [0.1, 0.15) is 0 Å². The lowest BCUT2D eigenvalue weighted by Crippen LogP contribution is -2.27. The highest BCUT2D eigenvalue weighted by molar-refractivity contribution is 6.19. The van der Waals surface area contributed by atoms with Gasteiger partial charge in [0, 0.05) is 12.4 Å². The summed E-state index contributed by atoms with van der Waals surface area (Å²) < 4.78 is 0. The summed E-state index contributed by atoms with van der Waals surface area (Å²) in [6, 6.07) is 0. The van der Waals surface area contributed by atoms with Gasteiger partial charge in [0.15, 0.2) is 0 Å². The monoisotopic (exact) mass is 201 g/mol. The predicted molar refractivity (Wildman–Crippen MR) is 59.3 cm³/mol. The van der Waals surface area contributed by atoms with E-state index in [2.05, 4.69) is 18.4 Å². The van der Waals surface area contributed by atoms with Crippen LogP contribution in [0.2, 0.25) is 0 Å². The van der Waals surface area contributed by atoms with Gasteiger partial charge in [0.25, 0.3) is 0 Å². The lowest BCUT2D eigenvalue weighted by atomic mass is 10.0. The second kappa shape index (κ2) is 5.66. The second-order valence-electron chi connectivity index (χ2n) is 4.20. The van der Waals surface area contributed by atoms with E-state index in [4.69, 9.17) is 11.6 Å². The number of hydrogen-bond donors (Lipinski definition) is 0. The van der Waals surface area contributed by atoms with Crippen LogP contribution in [-0.4, -0.2) is 30.4 Å². The van der Waals surface area contributed by atoms with Crippen LogP contribution in [0.4, 0.5) is 0 Å². The Morgan fingerprint density at radius 2 is 2.23 bits per heavy atom. The third-order valence-electron chi connectivity index (χ3n) is 2.75. The molecule has 1 saturated heterocycles. The largest absolute Gasteiger partial charge is 0.299 e. The first-order valence-electron chi connectivity index (χ1n) is 5.17. The quantitative estimate of drug-likeness (QED) is 0.502. The average Bonchev–Trinajstić information content (AvgIpc) is 2.31. The van der Waals surface area contributed by atoms with Crippen molar-refractivity contribution in [3.8, 4) is 0 Å². The first kappa shape index (κ1) is 11.1. The fourth-order valence-corrected chi connectivity index (χ4v) is 1.92. The Kier molecular flexibility index (Phi) is 4.82. The van der Waals surface area contributed by atoms with E-state index in [1.54, 1.807) is 0 Å². The molecule has 1 rings (SSSR count). The Morgan fingerprint density at radius 3 is 2.92 bits per heavy atom. The van der Waals surface area contributed by atoms with Gasteiger partial charge in [-0.15, -0.1) is 11.6 Å². The molecule has 1 fully saturated rings. The van der Waals surface area contributed by atoms with Gasteiger partial charge in [-0.25, -0.2) is 0 Å². The van der Waals surface area contributed by atoms with Crippen molar-refractivity contribution >= 4 is 11.6 Å². The molecule has 2 heteroatoms. The standard InChI is InChI=1S/C11H20ClN/c1-10-4-3-6-13(7-5-10)9-11(2)8-12/h10H,2-9H2,1H3. The topological polar surface area (TPSA) is 3.24 Å². The minimum atomic E-state index is 0.603. The fraction of sp³-hybridized carbons (Fsp3) is 0.818. The summed E-state index contributed by atoms with van der Waals surface area (Å²) in [7, 11) is 0. The number of halogens is 1. The van der Waals surface area contributed by atoms with Crippen LogP contribution >= 0.6 is 11.6 Å². The molecule has 1 aliphatic heterocycles. The van der Waals surface area contributed by atoms with E-state index in [1.165, 1.54) is 32.4 Å². The molecule has 1 atom stereocenters. The van der Waals surface area contributed by atoms with Gasteiger partial charge >= 0.3 is 0 Å². The van der Waals surface area contributed by atoms with Crippen molar-refractivity contribution < 1.29 is 0 Å². The third-order valence-corrected chi connectivity index (χ3v) is 3.12. The van der Waals surface area contributed by atoms with Crippen molar-refractivity contribution in [2.75, 3.05) is 25.5 Å². The molecule has 0 aliphatic carbocycles. The van der Waals surface area contributed by atoms with Gasteiger partial charge in [0.05, 0.1) is 0 Å². The Bertz CT molecular complexity index is 167. The van der Waals surface area contributed by atoms with Crippen LogP contribution in [0.1, 0.15) is 26.2 Å². The van der Waals surface area contributed by atoms with Crippen LogP contribution in [-0.2, 0) is 0 Å². The summed E-state index contributed by atoms with van der Waals surface area (Å²) in [4.78, 5) is 2.48. The van der Waals surface area contributed by atoms with Crippen LogP contribution in [0, 0.1) is 5.92 Å². The third kappa shape index (κ3) is 4.15. The van der Waals surface area contributed by atoms with Crippen LogP contribution in [0.15, 0.2) is 12.2 Å². The van der Waals surface area contributed by atoms with Crippen molar-refractivity contribution in [3.63, 3.8) is 0 Å². The average molecular weight is 202 g/mol. The molecule has 0 radical (unpaired) electrons. The van der Waals surface area contributed by atoms with Crippen molar-refractivity contribution in [1.29, 1.82) is 0 Å². The highest BCUT2D eigenvalue weighted by atomic mass is 35.5. The SMILES string of the molecule is C=C(CCl)CN1CCCC(C)CC1. The van der Waals surface area contributed by atoms with Gasteiger partial charge in [-0.05, 0) is 43.8 Å². The van der Waals surface area contributed by atoms with E-state index >= 15 is 0 Å². The van der Waals surface area contributed by atoms with Crippen molar-refractivity contribution in [2.24, 2.45) is 5.92 Å². The predicted octanol–water partition coefficient (Wildman–Crippen LogP) is 2.90. The molecule has 1 nitrogen and oxygen atoms in total. The Hall–Kier alpha value is -0.0100. The van der Waals surface area contributed by atoms with Gasteiger partial charge < -0.3 is 0 Å². The molecule has 13 heavy (non-hydrogen) atoms. The zero-order valence-electron chi connectivity index (χ0n) is 8.56. The van der Waals surface area contributed by atoms with Gasteiger partial charge in [-0.2, -0.15) is 0 Å². The van der Waals surface area contributed by atoms with Gasteiger partial charge in [-0.1, -0.05) is 13.5 Å². The first-order valence-corrected chi connectivity index (χ1v) is 5.70. The number of rotatable bonds is 3. The van der Waals surface area contributed by atoms with Crippen LogP contribution in [0.5, 0.6) is 0 Å². The molecule has 0 aromatic rings. The molecule has 0 saturated carbocycles. The molecule has 0 spiro atoms. The number of likely N-dealkylation sites (tertiary alicyclic amines) is 1. The second-order valence-corrected chi connectivity index (χ2v) is 4.46. The molecule has 0 amide bonds. The fourth-order valence-electron chi connectivity index (χ4n) is 1.84. The van der Waals surface area contributed by atoms with Crippen LogP contribution in [0.25, 0.3) is 0 Å². The number of alkyl halides is 1. The minimum absolute atomic E-state index is 0.603. The van der Waals surface area contributed by atoms with Crippen molar-refractivity contribution in [3.05, 3.63) is 12.2 Å². The van der Waals surface area contributed by atoms with Crippen LogP contribution < -0.4 is 0 Å². The molecule has 76 valence electrons. The molecule has 0 aromatic heterocycles. The minimum Gasteiger partial charge on any atom is -0.299 e. The van der Waals surface area contributed by atoms with Gasteiger partial charge in [0.2, 0.25) is 0 Å². The molecule has 1 aliphatic rings. The molecule has 1 unspecified atom stereocenters. The Labute approximate surface area is 86.8 Å². The summed E-state index contributed by atoms with van der Waals surface area (Å²) in [5.74, 6) is 1.50. The summed E-state index contributed by atoms with van der Waals surface area (Å²) >= 11 is 5.71. The van der Waals surface area contributed by atoms with E-state index in [1.807, 2.05) is 0 Å². The smallest absolute Gasteiger partial charge is 0.0443 e. The molecule has 1 heterocycles. The maximum absolute atomic E-state index is 5.71. The van der Waals surface area contributed by atoms with Crippen LogP contribution in [0.3, 0.4) is 0 Å². The summed E-state index contributed by atoms with van der Waals surface area (Å²) in [5, 5.41) is 0. The molecule has 0 aromatic carbocycles. The number of nitrogens with zero attached hydrogens (tertiary/aromatic N) is 1. The lowest BCUT2D eigenvalue weighted by molar-refractivity contribution is 0.305. The molecule has 0 N–H and O–H groups in total. The van der Waals surface area contributed by atoms with Crippen molar-refractivity contribution in [1.82, 2.24) is 4.90 Å². The molecular formula is C11H20ClN. The van der Waals surface area contributed by atoms with E-state index < -0.39 is 0 Å². The lowest BCUT2D eigenvalue weighted by Gasteiger charge is -2.20. The zero-order valence-corrected chi connectivity index (χ0v) is 9.32. The van der Waals surface area contributed by atoms with E-state index in [0.29, 0.717) is 5.88 Å². The normalized spacial score (nSPS) is 25.5. The highest BCUT2D eigenvalue weighted by Gasteiger charge is 2.13. The maximum atomic E-state index is 5.71. The first-order chi connectivity index (χ1) is 6.22.